The molecule has 2 heterocycles. The van der Waals surface area contributed by atoms with Gasteiger partial charge in [0.1, 0.15) is 12.2 Å². The molecule has 46 heavy (non-hydrogen) atoms. The first-order chi connectivity index (χ1) is 21.7. The molecule has 2 saturated carbocycles. The van der Waals surface area contributed by atoms with Crippen LogP contribution in [0.25, 0.3) is 0 Å². The summed E-state index contributed by atoms with van der Waals surface area (Å²) in [6.45, 7) is 15.9. The molecular weight excluding hydrogens is 580 g/mol. The van der Waals surface area contributed by atoms with E-state index in [1.807, 2.05) is 64.1 Å². The fourth-order valence-corrected chi connectivity index (χ4v) is 9.63. The molecule has 2 saturated heterocycles. The highest BCUT2D eigenvalue weighted by atomic mass is 16.7. The summed E-state index contributed by atoms with van der Waals surface area (Å²) in [5, 5.41) is 0. The molecular formula is C39H52O7. The predicted octanol–water partition coefficient (Wildman–Crippen LogP) is 8.00. The van der Waals surface area contributed by atoms with E-state index in [-0.39, 0.29) is 42.1 Å². The van der Waals surface area contributed by atoms with E-state index in [0.29, 0.717) is 36.0 Å². The van der Waals surface area contributed by atoms with Gasteiger partial charge in [0.05, 0.1) is 36.0 Å². The lowest BCUT2D eigenvalue weighted by atomic mass is 9.43. The predicted molar refractivity (Wildman–Crippen MR) is 176 cm³/mol. The SMILES string of the molecule is Cc1ccccc1C(=O)OCC[C@@]1(COC(=O)c2ccccc2C)CC[C@@]2(O1)[C@H](C)CC[C@H]1[C@]3(C)COC(C)(C)O[C@H]3CC[C@@]12C. The largest absolute Gasteiger partial charge is 0.462 e. The third kappa shape index (κ3) is 5.60. The highest BCUT2D eigenvalue weighted by molar-refractivity contribution is 5.91. The molecule has 2 aromatic rings. The van der Waals surface area contributed by atoms with Crippen molar-refractivity contribution >= 4 is 11.9 Å². The molecule has 2 aromatic carbocycles. The van der Waals surface area contributed by atoms with Gasteiger partial charge in [0.15, 0.2) is 5.79 Å². The van der Waals surface area contributed by atoms with Crippen LogP contribution in [0, 0.1) is 36.5 Å². The fourth-order valence-electron chi connectivity index (χ4n) is 9.63. The smallest absolute Gasteiger partial charge is 0.338 e. The Morgan fingerprint density at radius 2 is 1.46 bits per heavy atom. The first kappa shape index (κ1) is 33.2. The molecule has 2 aliphatic carbocycles. The van der Waals surface area contributed by atoms with Gasteiger partial charge in [-0.1, -0.05) is 57.2 Å². The van der Waals surface area contributed by atoms with E-state index in [0.717, 1.165) is 49.7 Å². The van der Waals surface area contributed by atoms with Crippen LogP contribution in [0.5, 0.6) is 0 Å². The van der Waals surface area contributed by atoms with Gasteiger partial charge in [0, 0.05) is 17.3 Å². The Hall–Kier alpha value is -2.74. The van der Waals surface area contributed by atoms with Gasteiger partial charge in [-0.25, -0.2) is 9.59 Å². The van der Waals surface area contributed by atoms with Crippen LogP contribution in [0.4, 0.5) is 0 Å². The zero-order valence-corrected chi connectivity index (χ0v) is 28.8. The molecule has 0 radical (unpaired) electrons. The number of carbonyl (C=O) groups is 2. The molecule has 6 rings (SSSR count). The van der Waals surface area contributed by atoms with E-state index >= 15 is 0 Å². The van der Waals surface area contributed by atoms with Crippen LogP contribution in [0.15, 0.2) is 48.5 Å². The molecule has 250 valence electrons. The summed E-state index contributed by atoms with van der Waals surface area (Å²) in [5.41, 5.74) is 1.44. The lowest BCUT2D eigenvalue weighted by Gasteiger charge is -2.67. The van der Waals surface area contributed by atoms with Gasteiger partial charge < -0.3 is 23.7 Å². The van der Waals surface area contributed by atoms with Crippen molar-refractivity contribution in [2.75, 3.05) is 19.8 Å². The first-order valence-electron chi connectivity index (χ1n) is 17.2. The molecule has 7 atom stereocenters. The second-order valence-electron chi connectivity index (χ2n) is 15.6. The standard InChI is InChI=1S/C39H52O7/c1-26-12-8-10-14-29(26)33(40)42-23-22-38(25-43-34(41)30-15-11-9-13-27(30)2)20-21-39(46-38)28(3)16-17-31-36(6)24-44-35(4,5)45-32(36)18-19-37(31,39)7/h8-15,28,31-32H,16-25H2,1-7H3/t28-,31+,32+,36+,37+,38-,39-/m1/s1. The number of rotatable bonds is 7. The first-order valence-corrected chi connectivity index (χ1v) is 17.2. The number of carbonyl (C=O) groups excluding carboxylic acids is 2. The Balaban J connectivity index is 1.27. The van der Waals surface area contributed by atoms with Crippen LogP contribution < -0.4 is 0 Å². The van der Waals surface area contributed by atoms with Crippen LogP contribution in [-0.4, -0.2) is 54.9 Å². The summed E-state index contributed by atoms with van der Waals surface area (Å²) >= 11 is 0. The second kappa shape index (κ2) is 12.1. The Labute approximate surface area is 274 Å². The van der Waals surface area contributed by atoms with Gasteiger partial charge in [0.2, 0.25) is 0 Å². The van der Waals surface area contributed by atoms with Crippen molar-refractivity contribution in [2.24, 2.45) is 22.7 Å². The molecule has 0 aromatic heterocycles. The van der Waals surface area contributed by atoms with E-state index in [1.165, 1.54) is 0 Å². The summed E-state index contributed by atoms with van der Waals surface area (Å²) in [7, 11) is 0. The van der Waals surface area contributed by atoms with Gasteiger partial charge in [0.25, 0.3) is 0 Å². The summed E-state index contributed by atoms with van der Waals surface area (Å²) in [6.07, 6.45) is 6.28. The third-order valence-corrected chi connectivity index (χ3v) is 12.4. The molecule has 2 aliphatic heterocycles. The number of hydrogen-bond donors (Lipinski definition) is 0. The monoisotopic (exact) mass is 632 g/mol. The van der Waals surface area contributed by atoms with Crippen molar-refractivity contribution in [3.8, 4) is 0 Å². The van der Waals surface area contributed by atoms with Crippen molar-refractivity contribution in [3.05, 3.63) is 70.8 Å². The minimum absolute atomic E-state index is 0.109. The van der Waals surface area contributed by atoms with Crippen molar-refractivity contribution < 1.29 is 33.3 Å². The van der Waals surface area contributed by atoms with Gasteiger partial charge in [-0.3, -0.25) is 0 Å². The van der Waals surface area contributed by atoms with Crippen LogP contribution in [0.3, 0.4) is 0 Å². The van der Waals surface area contributed by atoms with Gasteiger partial charge in [-0.05, 0) is 101 Å². The van der Waals surface area contributed by atoms with Crippen LogP contribution in [-0.2, 0) is 23.7 Å². The van der Waals surface area contributed by atoms with E-state index < -0.39 is 17.0 Å². The zero-order valence-electron chi connectivity index (χ0n) is 28.8. The molecule has 0 unspecified atom stereocenters. The Kier molecular flexibility index (Phi) is 8.69. The van der Waals surface area contributed by atoms with E-state index in [9.17, 15) is 9.59 Å². The molecule has 4 fully saturated rings. The zero-order chi connectivity index (χ0) is 33.0. The van der Waals surface area contributed by atoms with Crippen molar-refractivity contribution in [3.63, 3.8) is 0 Å². The minimum Gasteiger partial charge on any atom is -0.462 e. The molecule has 0 N–H and O–H groups in total. The number of esters is 2. The summed E-state index contributed by atoms with van der Waals surface area (Å²) in [5.74, 6) is -0.600. The fraction of sp³-hybridized carbons (Fsp3) is 0.641. The number of aryl methyl sites for hydroxylation is 2. The van der Waals surface area contributed by atoms with E-state index in [1.54, 1.807) is 12.1 Å². The summed E-state index contributed by atoms with van der Waals surface area (Å²) < 4.78 is 32.3. The number of ether oxygens (including phenoxy) is 5. The highest BCUT2D eigenvalue weighted by Gasteiger charge is 2.70. The van der Waals surface area contributed by atoms with Crippen molar-refractivity contribution in [1.82, 2.24) is 0 Å². The minimum atomic E-state index is -0.775. The van der Waals surface area contributed by atoms with Gasteiger partial charge >= 0.3 is 11.9 Å². The molecule has 7 heteroatoms. The average molecular weight is 633 g/mol. The number of hydrogen-bond acceptors (Lipinski definition) is 7. The van der Waals surface area contributed by atoms with Gasteiger partial charge in [-0.2, -0.15) is 0 Å². The average Bonchev–Trinajstić information content (AvgIpc) is 3.41. The van der Waals surface area contributed by atoms with Crippen molar-refractivity contribution in [1.29, 1.82) is 0 Å². The number of fused-ring (bicyclic) bond motifs is 4. The van der Waals surface area contributed by atoms with Gasteiger partial charge in [-0.15, -0.1) is 0 Å². The quantitative estimate of drug-likeness (QED) is 0.286. The number of benzene rings is 2. The van der Waals surface area contributed by atoms with Crippen LogP contribution in [0.2, 0.25) is 0 Å². The lowest BCUT2D eigenvalue weighted by Crippen LogP contribution is -2.69. The third-order valence-electron chi connectivity index (χ3n) is 12.4. The Morgan fingerprint density at radius 1 is 0.826 bits per heavy atom. The summed E-state index contributed by atoms with van der Waals surface area (Å²) in [6, 6.07) is 14.9. The maximum absolute atomic E-state index is 13.4. The Bertz CT molecular complexity index is 1470. The molecule has 7 nitrogen and oxygen atoms in total. The lowest BCUT2D eigenvalue weighted by molar-refractivity contribution is -0.359. The maximum atomic E-state index is 13.4. The molecule has 0 bridgehead atoms. The Morgan fingerprint density at radius 3 is 2.11 bits per heavy atom. The normalized spacial score (nSPS) is 36.5. The highest BCUT2D eigenvalue weighted by Crippen LogP contribution is 2.69. The second-order valence-corrected chi connectivity index (χ2v) is 15.6. The molecule has 1 spiro atoms. The van der Waals surface area contributed by atoms with Crippen LogP contribution in [0.1, 0.15) is 111 Å². The van der Waals surface area contributed by atoms with Crippen molar-refractivity contribution in [2.45, 2.75) is 117 Å². The molecule has 0 amide bonds. The molecule has 4 aliphatic rings. The van der Waals surface area contributed by atoms with E-state index in [4.69, 9.17) is 23.7 Å². The maximum Gasteiger partial charge on any atom is 0.338 e. The van der Waals surface area contributed by atoms with E-state index in [2.05, 4.69) is 20.8 Å². The summed E-state index contributed by atoms with van der Waals surface area (Å²) in [4.78, 5) is 26.4. The topological polar surface area (TPSA) is 80.3 Å². The van der Waals surface area contributed by atoms with Crippen LogP contribution >= 0.6 is 0 Å².